The van der Waals surface area contributed by atoms with Crippen LogP contribution in [0.1, 0.15) is 18.9 Å². The van der Waals surface area contributed by atoms with Crippen LogP contribution in [0.4, 0.5) is 0 Å². The maximum absolute atomic E-state index is 12.9. The zero-order valence-electron chi connectivity index (χ0n) is 12.4. The van der Waals surface area contributed by atoms with Crippen LogP contribution in [0.3, 0.4) is 0 Å². The molecule has 1 heterocycles. The van der Waals surface area contributed by atoms with E-state index in [0.29, 0.717) is 22.5 Å². The number of hydrogen-bond acceptors (Lipinski definition) is 3. The average Bonchev–Trinajstić information content (AvgIpc) is 2.43. The first-order chi connectivity index (χ1) is 9.77. The van der Waals surface area contributed by atoms with Crippen LogP contribution in [0, 0.1) is 6.92 Å². The van der Waals surface area contributed by atoms with Gasteiger partial charge in [-0.25, -0.2) is 8.42 Å². The van der Waals surface area contributed by atoms with Gasteiger partial charge in [-0.05, 0) is 54.0 Å². The van der Waals surface area contributed by atoms with Gasteiger partial charge in [0.2, 0.25) is 10.0 Å². The molecule has 2 rings (SSSR count). The molecule has 0 saturated carbocycles. The Labute approximate surface area is 143 Å². The fourth-order valence-corrected chi connectivity index (χ4v) is 5.65. The van der Waals surface area contributed by atoms with E-state index in [1.807, 2.05) is 13.0 Å². The van der Waals surface area contributed by atoms with E-state index in [-0.39, 0.29) is 6.04 Å². The molecule has 1 aliphatic rings. The van der Waals surface area contributed by atoms with Crippen LogP contribution in [-0.2, 0) is 10.0 Å². The predicted octanol–water partition coefficient (Wildman–Crippen LogP) is 3.23. The molecule has 1 fully saturated rings. The first-order valence-corrected chi connectivity index (χ1v) is 9.96. The van der Waals surface area contributed by atoms with E-state index in [4.69, 9.17) is 0 Å². The number of rotatable bonds is 3. The minimum absolute atomic E-state index is 0.279. The second-order valence-electron chi connectivity index (χ2n) is 5.44. The Morgan fingerprint density at radius 1 is 1.24 bits per heavy atom. The summed E-state index contributed by atoms with van der Waals surface area (Å²) in [4.78, 5) is 2.56. The van der Waals surface area contributed by atoms with Crippen LogP contribution in [0.15, 0.2) is 26.0 Å². The van der Waals surface area contributed by atoms with Crippen molar-refractivity contribution in [2.45, 2.75) is 31.2 Å². The fourth-order valence-electron chi connectivity index (χ4n) is 2.54. The van der Waals surface area contributed by atoms with Crippen LogP contribution in [0.5, 0.6) is 0 Å². The van der Waals surface area contributed by atoms with E-state index in [1.54, 1.807) is 10.4 Å². The first-order valence-electron chi connectivity index (χ1n) is 6.93. The average molecular weight is 440 g/mol. The molecule has 1 aliphatic heterocycles. The topological polar surface area (TPSA) is 40.6 Å². The fraction of sp³-hybridized carbons (Fsp3) is 0.571. The Kier molecular flexibility index (Phi) is 5.52. The summed E-state index contributed by atoms with van der Waals surface area (Å²) in [5.41, 5.74) is 1.01. The van der Waals surface area contributed by atoms with Crippen molar-refractivity contribution >= 4 is 41.9 Å². The number of likely N-dealkylation sites (N-methyl/N-ethyl adjacent to an activating group) is 1. The Morgan fingerprint density at radius 3 is 2.52 bits per heavy atom. The Balaban J connectivity index is 2.37. The van der Waals surface area contributed by atoms with Crippen molar-refractivity contribution in [1.82, 2.24) is 9.21 Å². The third-order valence-corrected chi connectivity index (χ3v) is 7.72. The second-order valence-corrected chi connectivity index (χ2v) is 9.05. The molecule has 1 atom stereocenters. The summed E-state index contributed by atoms with van der Waals surface area (Å²) >= 11 is 6.81. The summed E-state index contributed by atoms with van der Waals surface area (Å²) in [6, 6.07) is 3.81. The SMILES string of the molecule is CCC1CN(S(=O)(=O)c2cc(Br)c(C)cc2Br)CCN1C. The molecule has 4 nitrogen and oxygen atoms in total. The highest BCUT2D eigenvalue weighted by molar-refractivity contribution is 9.11. The van der Waals surface area contributed by atoms with Gasteiger partial charge in [0.25, 0.3) is 0 Å². The van der Waals surface area contributed by atoms with Crippen LogP contribution in [0.2, 0.25) is 0 Å². The largest absolute Gasteiger partial charge is 0.301 e. The van der Waals surface area contributed by atoms with Gasteiger partial charge in [0.15, 0.2) is 0 Å². The van der Waals surface area contributed by atoms with Crippen molar-refractivity contribution in [2.24, 2.45) is 0 Å². The van der Waals surface area contributed by atoms with Crippen molar-refractivity contribution < 1.29 is 8.42 Å². The van der Waals surface area contributed by atoms with Crippen molar-refractivity contribution in [3.05, 3.63) is 26.6 Å². The third-order valence-electron chi connectivity index (χ3n) is 4.04. The molecule has 0 N–H and O–H groups in total. The molecule has 0 aliphatic carbocycles. The van der Waals surface area contributed by atoms with Crippen molar-refractivity contribution in [2.75, 3.05) is 26.7 Å². The Morgan fingerprint density at radius 2 is 1.90 bits per heavy atom. The Hall–Kier alpha value is 0.0500. The highest BCUT2D eigenvalue weighted by atomic mass is 79.9. The minimum atomic E-state index is -3.47. The summed E-state index contributed by atoms with van der Waals surface area (Å²) in [5, 5.41) is 0. The summed E-state index contributed by atoms with van der Waals surface area (Å²) < 4.78 is 28.8. The van der Waals surface area contributed by atoms with Crippen molar-refractivity contribution in [3.8, 4) is 0 Å². The lowest BCUT2D eigenvalue weighted by Gasteiger charge is -2.38. The minimum Gasteiger partial charge on any atom is -0.301 e. The normalized spacial score (nSPS) is 21.7. The van der Waals surface area contributed by atoms with Crippen LogP contribution in [0.25, 0.3) is 0 Å². The maximum Gasteiger partial charge on any atom is 0.244 e. The first kappa shape index (κ1) is 17.4. The third kappa shape index (κ3) is 3.52. The molecule has 0 spiro atoms. The molecule has 1 aromatic carbocycles. The smallest absolute Gasteiger partial charge is 0.244 e. The van der Waals surface area contributed by atoms with Gasteiger partial charge < -0.3 is 4.90 Å². The van der Waals surface area contributed by atoms with Crippen LogP contribution >= 0.6 is 31.9 Å². The van der Waals surface area contributed by atoms with Crippen molar-refractivity contribution in [3.63, 3.8) is 0 Å². The molecule has 0 radical (unpaired) electrons. The molecule has 1 saturated heterocycles. The Bertz CT molecular complexity index is 634. The van der Waals surface area contributed by atoms with Gasteiger partial charge in [-0.3, -0.25) is 0 Å². The zero-order valence-corrected chi connectivity index (χ0v) is 16.4. The predicted molar refractivity (Wildman–Crippen MR) is 92.0 cm³/mol. The van der Waals surface area contributed by atoms with Crippen LogP contribution in [-0.4, -0.2) is 50.3 Å². The van der Waals surface area contributed by atoms with E-state index in [9.17, 15) is 8.42 Å². The molecule has 7 heteroatoms. The number of hydrogen-bond donors (Lipinski definition) is 0. The van der Waals surface area contributed by atoms with E-state index < -0.39 is 10.0 Å². The van der Waals surface area contributed by atoms with Gasteiger partial charge in [0.05, 0.1) is 4.90 Å². The van der Waals surface area contributed by atoms with E-state index in [2.05, 4.69) is 50.7 Å². The lowest BCUT2D eigenvalue weighted by Crippen LogP contribution is -2.52. The zero-order chi connectivity index (χ0) is 15.8. The van der Waals surface area contributed by atoms with E-state index in [1.165, 1.54) is 0 Å². The summed E-state index contributed by atoms with van der Waals surface area (Å²) in [6.45, 7) is 5.88. The highest BCUT2D eigenvalue weighted by Gasteiger charge is 2.33. The molecule has 118 valence electrons. The molecule has 21 heavy (non-hydrogen) atoms. The monoisotopic (exact) mass is 438 g/mol. The van der Waals surface area contributed by atoms with E-state index >= 15 is 0 Å². The molecule has 1 aromatic rings. The van der Waals surface area contributed by atoms with Gasteiger partial charge in [-0.15, -0.1) is 0 Å². The number of benzene rings is 1. The highest BCUT2D eigenvalue weighted by Crippen LogP contribution is 2.31. The standard InChI is InChI=1S/C14H20Br2N2O2S/c1-4-11-9-18(6-5-17(11)3)21(19,20)14-8-12(15)10(2)7-13(14)16/h7-8,11H,4-6,9H2,1-3H3. The van der Waals surface area contributed by atoms with Gasteiger partial charge in [-0.1, -0.05) is 22.9 Å². The number of piperazine rings is 1. The van der Waals surface area contributed by atoms with Gasteiger partial charge in [-0.2, -0.15) is 4.31 Å². The molecule has 0 amide bonds. The molecule has 1 unspecified atom stereocenters. The lowest BCUT2D eigenvalue weighted by atomic mass is 10.1. The quantitative estimate of drug-likeness (QED) is 0.725. The summed E-state index contributed by atoms with van der Waals surface area (Å²) in [5.74, 6) is 0. The number of halogens is 2. The molecule has 0 bridgehead atoms. The van der Waals surface area contributed by atoms with Crippen molar-refractivity contribution in [1.29, 1.82) is 0 Å². The molecule has 0 aromatic heterocycles. The lowest BCUT2D eigenvalue weighted by molar-refractivity contribution is 0.144. The van der Waals surface area contributed by atoms with E-state index in [0.717, 1.165) is 23.0 Å². The number of aryl methyl sites for hydroxylation is 1. The van der Waals surface area contributed by atoms with Crippen LogP contribution < -0.4 is 0 Å². The number of sulfonamides is 1. The second kappa shape index (κ2) is 6.66. The molecular weight excluding hydrogens is 420 g/mol. The summed E-state index contributed by atoms with van der Waals surface area (Å²) in [7, 11) is -1.42. The van der Waals surface area contributed by atoms with Gasteiger partial charge >= 0.3 is 0 Å². The maximum atomic E-state index is 12.9. The summed E-state index contributed by atoms with van der Waals surface area (Å²) in [6.07, 6.45) is 0.946. The number of nitrogens with zero attached hydrogens (tertiary/aromatic N) is 2. The van der Waals surface area contributed by atoms with Gasteiger partial charge in [0, 0.05) is 34.6 Å². The van der Waals surface area contributed by atoms with Gasteiger partial charge in [0.1, 0.15) is 0 Å². The molecular formula is C14H20Br2N2O2S.